The summed E-state index contributed by atoms with van der Waals surface area (Å²) in [5.74, 6) is 1.37. The van der Waals surface area contributed by atoms with E-state index >= 15 is 0 Å². The minimum atomic E-state index is 0.107. The van der Waals surface area contributed by atoms with Crippen LogP contribution in [0.5, 0.6) is 0 Å². The predicted molar refractivity (Wildman–Crippen MR) is 69.4 cm³/mol. The van der Waals surface area contributed by atoms with Crippen LogP contribution in [0.3, 0.4) is 0 Å². The highest BCUT2D eigenvalue weighted by Gasteiger charge is 2.10. The summed E-state index contributed by atoms with van der Waals surface area (Å²) in [6.45, 7) is 12.1. The lowest BCUT2D eigenvalue weighted by molar-refractivity contribution is -0.120. The first-order valence-corrected chi connectivity index (χ1v) is 6.47. The maximum absolute atomic E-state index is 11.5. The third-order valence-electron chi connectivity index (χ3n) is 3.13. The first-order chi connectivity index (χ1) is 7.47. The summed E-state index contributed by atoms with van der Waals surface area (Å²) in [6, 6.07) is 0.404. The number of carbonyl (C=O) groups is 1. The van der Waals surface area contributed by atoms with Crippen molar-refractivity contribution in [2.75, 3.05) is 13.1 Å². The Hall–Kier alpha value is -0.570. The lowest BCUT2D eigenvalue weighted by Crippen LogP contribution is -2.40. The molecule has 0 heterocycles. The van der Waals surface area contributed by atoms with Gasteiger partial charge in [0, 0.05) is 12.6 Å². The van der Waals surface area contributed by atoms with Gasteiger partial charge in [0.15, 0.2) is 0 Å². The molecule has 0 radical (unpaired) electrons. The molecule has 0 saturated heterocycles. The number of amides is 1. The molecule has 0 bridgehead atoms. The number of nitrogens with one attached hydrogen (secondary N) is 2. The van der Waals surface area contributed by atoms with Gasteiger partial charge in [-0.25, -0.2) is 0 Å². The Morgan fingerprint density at radius 1 is 1.19 bits per heavy atom. The zero-order chi connectivity index (χ0) is 12.6. The van der Waals surface area contributed by atoms with Crippen LogP contribution in [0.2, 0.25) is 0 Å². The van der Waals surface area contributed by atoms with E-state index in [1.54, 1.807) is 0 Å². The Bertz CT molecular complexity index is 192. The maximum Gasteiger partial charge on any atom is 0.233 e. The normalized spacial score (nSPS) is 14.9. The molecule has 0 aliphatic rings. The molecule has 2 unspecified atom stereocenters. The third kappa shape index (κ3) is 7.69. The van der Waals surface area contributed by atoms with E-state index in [0.29, 0.717) is 24.4 Å². The summed E-state index contributed by atoms with van der Waals surface area (Å²) >= 11 is 0. The van der Waals surface area contributed by atoms with Crippen LogP contribution in [-0.2, 0) is 4.79 Å². The smallest absolute Gasteiger partial charge is 0.233 e. The van der Waals surface area contributed by atoms with Gasteiger partial charge in [0.25, 0.3) is 0 Å². The van der Waals surface area contributed by atoms with Crippen LogP contribution in [0.1, 0.15) is 47.5 Å². The monoisotopic (exact) mass is 228 g/mol. The molecule has 3 heteroatoms. The summed E-state index contributed by atoms with van der Waals surface area (Å²) in [4.78, 5) is 11.5. The fourth-order valence-electron chi connectivity index (χ4n) is 1.37. The summed E-state index contributed by atoms with van der Waals surface area (Å²) in [6.07, 6.45) is 2.19. The molecular formula is C13H28N2O. The molecule has 0 aromatic rings. The van der Waals surface area contributed by atoms with E-state index < -0.39 is 0 Å². The summed E-state index contributed by atoms with van der Waals surface area (Å²) in [5.41, 5.74) is 0. The van der Waals surface area contributed by atoms with Crippen molar-refractivity contribution in [2.45, 2.75) is 53.5 Å². The van der Waals surface area contributed by atoms with Crippen molar-refractivity contribution < 1.29 is 4.79 Å². The summed E-state index contributed by atoms with van der Waals surface area (Å²) in [7, 11) is 0. The molecule has 0 rings (SSSR count). The molecule has 0 fully saturated rings. The number of hydrogen-bond acceptors (Lipinski definition) is 2. The van der Waals surface area contributed by atoms with Gasteiger partial charge >= 0.3 is 0 Å². The average molecular weight is 228 g/mol. The Morgan fingerprint density at radius 2 is 1.81 bits per heavy atom. The third-order valence-corrected chi connectivity index (χ3v) is 3.13. The lowest BCUT2D eigenvalue weighted by atomic mass is 10.0. The standard InChI is InChI=1S/C13H28N2O/c1-6-11(4)12(5)15-9-13(16)14-8-7-10(2)3/h10-12,15H,6-9H2,1-5H3,(H,14,16). The highest BCUT2D eigenvalue weighted by molar-refractivity contribution is 5.77. The topological polar surface area (TPSA) is 41.1 Å². The van der Waals surface area contributed by atoms with Crippen LogP contribution in [0.4, 0.5) is 0 Å². The van der Waals surface area contributed by atoms with Gasteiger partial charge in [-0.2, -0.15) is 0 Å². The molecule has 0 aromatic heterocycles. The molecule has 16 heavy (non-hydrogen) atoms. The first-order valence-electron chi connectivity index (χ1n) is 6.47. The number of hydrogen-bond donors (Lipinski definition) is 2. The Morgan fingerprint density at radius 3 is 2.31 bits per heavy atom. The molecule has 3 nitrogen and oxygen atoms in total. The number of rotatable bonds is 8. The van der Waals surface area contributed by atoms with E-state index in [0.717, 1.165) is 19.4 Å². The van der Waals surface area contributed by atoms with Crippen molar-refractivity contribution in [2.24, 2.45) is 11.8 Å². The fraction of sp³-hybridized carbons (Fsp3) is 0.923. The largest absolute Gasteiger partial charge is 0.355 e. The van der Waals surface area contributed by atoms with Gasteiger partial charge in [-0.15, -0.1) is 0 Å². The zero-order valence-electron chi connectivity index (χ0n) is 11.5. The fourth-order valence-corrected chi connectivity index (χ4v) is 1.37. The molecule has 96 valence electrons. The molecule has 0 aliphatic carbocycles. The van der Waals surface area contributed by atoms with Gasteiger partial charge in [-0.3, -0.25) is 4.79 Å². The Labute approximate surface area is 100 Å². The van der Waals surface area contributed by atoms with Gasteiger partial charge in [0.1, 0.15) is 0 Å². The van der Waals surface area contributed by atoms with Crippen LogP contribution in [0.25, 0.3) is 0 Å². The Balaban J connectivity index is 3.57. The van der Waals surface area contributed by atoms with E-state index in [4.69, 9.17) is 0 Å². The van der Waals surface area contributed by atoms with Crippen LogP contribution < -0.4 is 10.6 Å². The van der Waals surface area contributed by atoms with Crippen molar-refractivity contribution in [3.63, 3.8) is 0 Å². The van der Waals surface area contributed by atoms with Crippen molar-refractivity contribution in [3.05, 3.63) is 0 Å². The van der Waals surface area contributed by atoms with Gasteiger partial charge < -0.3 is 10.6 Å². The SMILES string of the molecule is CCC(C)C(C)NCC(=O)NCCC(C)C. The van der Waals surface area contributed by atoms with E-state index in [-0.39, 0.29) is 5.91 Å². The van der Waals surface area contributed by atoms with Crippen LogP contribution in [0, 0.1) is 11.8 Å². The van der Waals surface area contributed by atoms with Crippen molar-refractivity contribution in [3.8, 4) is 0 Å². The molecule has 0 saturated carbocycles. The molecule has 2 atom stereocenters. The minimum absolute atomic E-state index is 0.107. The lowest BCUT2D eigenvalue weighted by Gasteiger charge is -2.19. The average Bonchev–Trinajstić information content (AvgIpc) is 2.24. The second kappa shape index (κ2) is 8.57. The minimum Gasteiger partial charge on any atom is -0.355 e. The van der Waals surface area contributed by atoms with E-state index in [9.17, 15) is 4.79 Å². The van der Waals surface area contributed by atoms with Crippen molar-refractivity contribution in [1.82, 2.24) is 10.6 Å². The zero-order valence-corrected chi connectivity index (χ0v) is 11.5. The number of carbonyl (C=O) groups excluding carboxylic acids is 1. The van der Waals surface area contributed by atoms with E-state index in [1.165, 1.54) is 0 Å². The summed E-state index contributed by atoms with van der Waals surface area (Å²) < 4.78 is 0. The van der Waals surface area contributed by atoms with Gasteiger partial charge in [0.05, 0.1) is 6.54 Å². The van der Waals surface area contributed by atoms with Gasteiger partial charge in [-0.1, -0.05) is 34.1 Å². The van der Waals surface area contributed by atoms with Crippen LogP contribution in [-0.4, -0.2) is 25.0 Å². The quantitative estimate of drug-likeness (QED) is 0.668. The van der Waals surface area contributed by atoms with Crippen molar-refractivity contribution >= 4 is 5.91 Å². The second-order valence-electron chi connectivity index (χ2n) is 5.09. The highest BCUT2D eigenvalue weighted by Crippen LogP contribution is 2.05. The van der Waals surface area contributed by atoms with E-state index in [1.807, 2.05) is 0 Å². The molecule has 1 amide bonds. The van der Waals surface area contributed by atoms with Gasteiger partial charge in [-0.05, 0) is 25.2 Å². The highest BCUT2D eigenvalue weighted by atomic mass is 16.1. The summed E-state index contributed by atoms with van der Waals surface area (Å²) in [5, 5.41) is 6.18. The molecule has 0 spiro atoms. The van der Waals surface area contributed by atoms with E-state index in [2.05, 4.69) is 45.3 Å². The van der Waals surface area contributed by atoms with Crippen molar-refractivity contribution in [1.29, 1.82) is 0 Å². The maximum atomic E-state index is 11.5. The molecule has 0 aromatic carbocycles. The van der Waals surface area contributed by atoms with Crippen LogP contribution >= 0.6 is 0 Å². The predicted octanol–water partition coefficient (Wildman–Crippen LogP) is 2.17. The molecule has 0 aliphatic heterocycles. The van der Waals surface area contributed by atoms with Gasteiger partial charge in [0.2, 0.25) is 5.91 Å². The van der Waals surface area contributed by atoms with Crippen LogP contribution in [0.15, 0.2) is 0 Å². The molecule has 2 N–H and O–H groups in total. The molecular weight excluding hydrogens is 200 g/mol. The second-order valence-corrected chi connectivity index (χ2v) is 5.09. The Kier molecular flexibility index (Phi) is 8.26. The first kappa shape index (κ1) is 15.4.